The van der Waals surface area contributed by atoms with E-state index in [2.05, 4.69) is 15.3 Å². The quantitative estimate of drug-likeness (QED) is 0.256. The summed E-state index contributed by atoms with van der Waals surface area (Å²) in [5.41, 5.74) is 3.09. The monoisotopic (exact) mass is 585 g/mol. The lowest BCUT2D eigenvalue weighted by Gasteiger charge is -2.36. The molecule has 1 amide bonds. The SMILES string of the molecule is CC1(CNC(=O)Cc2ccccc2)COC(c2nc(-c3ccc(F)cc3)c(-c3ccnc(OC4CCCCC4)n3)[nH]2)OC1. The second-order valence-corrected chi connectivity index (χ2v) is 11.7. The van der Waals surface area contributed by atoms with Crippen LogP contribution in [0.2, 0.25) is 0 Å². The predicted molar refractivity (Wildman–Crippen MR) is 158 cm³/mol. The largest absolute Gasteiger partial charge is 0.460 e. The highest BCUT2D eigenvalue weighted by Gasteiger charge is 2.35. The zero-order valence-electron chi connectivity index (χ0n) is 24.2. The Morgan fingerprint density at radius 2 is 1.77 bits per heavy atom. The van der Waals surface area contributed by atoms with Crippen LogP contribution in [0.1, 0.15) is 56.7 Å². The van der Waals surface area contributed by atoms with Crippen LogP contribution in [0.15, 0.2) is 66.9 Å². The molecule has 224 valence electrons. The summed E-state index contributed by atoms with van der Waals surface area (Å²) in [6.45, 7) is 3.15. The first-order valence-corrected chi connectivity index (χ1v) is 14.8. The standard InChI is InChI=1S/C33H36FN5O4/c1-33(19-36-27(40)18-22-8-4-2-5-9-22)20-41-31(42-21-33)30-38-28(23-12-14-24(34)15-13-23)29(39-30)26-16-17-35-32(37-26)43-25-10-6-3-7-11-25/h2,4-5,8-9,12-17,25,31H,3,6-7,10-11,18-21H2,1H3,(H,36,40)(H,38,39). The number of aromatic amines is 1. The van der Waals surface area contributed by atoms with E-state index in [1.807, 2.05) is 37.3 Å². The van der Waals surface area contributed by atoms with Crippen LogP contribution < -0.4 is 10.1 Å². The van der Waals surface area contributed by atoms with Crippen molar-refractivity contribution in [3.8, 4) is 28.7 Å². The van der Waals surface area contributed by atoms with E-state index < -0.39 is 11.7 Å². The Morgan fingerprint density at radius 3 is 2.51 bits per heavy atom. The summed E-state index contributed by atoms with van der Waals surface area (Å²) >= 11 is 0. The van der Waals surface area contributed by atoms with Gasteiger partial charge in [-0.25, -0.2) is 14.4 Å². The van der Waals surface area contributed by atoms with Gasteiger partial charge >= 0.3 is 6.01 Å². The van der Waals surface area contributed by atoms with E-state index in [9.17, 15) is 9.18 Å². The first kappa shape index (κ1) is 28.9. The number of amides is 1. The van der Waals surface area contributed by atoms with Gasteiger partial charge in [-0.3, -0.25) is 4.79 Å². The normalized spacial score (nSPS) is 20.9. The molecule has 0 radical (unpaired) electrons. The number of hydrogen-bond donors (Lipinski definition) is 2. The number of carbonyl (C=O) groups excluding carboxylic acids is 1. The third-order valence-electron chi connectivity index (χ3n) is 7.86. The number of halogens is 1. The number of carbonyl (C=O) groups is 1. The van der Waals surface area contributed by atoms with Crippen molar-refractivity contribution < 1.29 is 23.4 Å². The number of ether oxygens (including phenoxy) is 3. The molecular formula is C33H36FN5O4. The van der Waals surface area contributed by atoms with E-state index in [-0.39, 0.29) is 17.8 Å². The first-order valence-electron chi connectivity index (χ1n) is 14.8. The highest BCUT2D eigenvalue weighted by molar-refractivity contribution is 5.78. The molecule has 2 aliphatic rings. The van der Waals surface area contributed by atoms with E-state index in [1.165, 1.54) is 18.6 Å². The highest BCUT2D eigenvalue weighted by Crippen LogP contribution is 2.35. The Bertz CT molecular complexity index is 1510. The zero-order chi connectivity index (χ0) is 29.6. The zero-order valence-corrected chi connectivity index (χ0v) is 24.2. The van der Waals surface area contributed by atoms with Crippen LogP contribution in [0.4, 0.5) is 4.39 Å². The van der Waals surface area contributed by atoms with Crippen molar-refractivity contribution in [3.05, 3.63) is 84.1 Å². The maximum absolute atomic E-state index is 13.8. The maximum Gasteiger partial charge on any atom is 0.317 e. The molecule has 0 unspecified atom stereocenters. The predicted octanol–water partition coefficient (Wildman–Crippen LogP) is 5.79. The van der Waals surface area contributed by atoms with Gasteiger partial charge in [0.05, 0.1) is 36.7 Å². The summed E-state index contributed by atoms with van der Waals surface area (Å²) in [4.78, 5) is 29.7. The molecule has 6 rings (SSSR count). The van der Waals surface area contributed by atoms with Crippen LogP contribution in [-0.4, -0.2) is 51.7 Å². The minimum Gasteiger partial charge on any atom is -0.460 e. The minimum absolute atomic E-state index is 0.0501. The number of aromatic nitrogens is 4. The number of nitrogens with one attached hydrogen (secondary N) is 2. The van der Waals surface area contributed by atoms with E-state index in [0.29, 0.717) is 60.7 Å². The summed E-state index contributed by atoms with van der Waals surface area (Å²) in [5, 5.41) is 3.01. The van der Waals surface area contributed by atoms with Crippen molar-refractivity contribution in [1.29, 1.82) is 0 Å². The van der Waals surface area contributed by atoms with Gasteiger partial charge in [0.2, 0.25) is 12.2 Å². The Morgan fingerprint density at radius 1 is 1.02 bits per heavy atom. The molecule has 1 saturated heterocycles. The highest BCUT2D eigenvalue weighted by atomic mass is 19.1. The van der Waals surface area contributed by atoms with Gasteiger partial charge in [0.25, 0.3) is 0 Å². The van der Waals surface area contributed by atoms with Gasteiger partial charge < -0.3 is 24.5 Å². The third-order valence-corrected chi connectivity index (χ3v) is 7.86. The molecule has 0 bridgehead atoms. The van der Waals surface area contributed by atoms with E-state index >= 15 is 0 Å². The molecular weight excluding hydrogens is 549 g/mol. The summed E-state index contributed by atoms with van der Waals surface area (Å²) < 4.78 is 32.1. The summed E-state index contributed by atoms with van der Waals surface area (Å²) in [6.07, 6.45) is 6.85. The van der Waals surface area contributed by atoms with Crippen molar-refractivity contribution >= 4 is 5.91 Å². The van der Waals surface area contributed by atoms with Crippen molar-refractivity contribution in [2.24, 2.45) is 5.41 Å². The number of rotatable bonds is 9. The molecule has 0 atom stereocenters. The Labute approximate surface area is 250 Å². The Balaban J connectivity index is 1.17. The van der Waals surface area contributed by atoms with Crippen molar-refractivity contribution in [2.75, 3.05) is 19.8 Å². The molecule has 1 aliphatic carbocycles. The molecule has 10 heteroatoms. The van der Waals surface area contributed by atoms with Crippen molar-refractivity contribution in [3.63, 3.8) is 0 Å². The number of H-pyrrole nitrogens is 1. The molecule has 2 fully saturated rings. The number of benzene rings is 2. The molecule has 3 heterocycles. The van der Waals surface area contributed by atoms with Gasteiger partial charge in [0.15, 0.2) is 5.82 Å². The van der Waals surface area contributed by atoms with Gasteiger partial charge in [-0.2, -0.15) is 4.98 Å². The molecule has 9 nitrogen and oxygen atoms in total. The molecule has 4 aromatic rings. The average molecular weight is 586 g/mol. The number of imidazole rings is 1. The number of nitrogens with zero attached hydrogens (tertiary/aromatic N) is 3. The van der Waals surface area contributed by atoms with Gasteiger partial charge in [-0.05, 0) is 61.6 Å². The van der Waals surface area contributed by atoms with E-state index in [4.69, 9.17) is 24.2 Å². The molecule has 0 spiro atoms. The minimum atomic E-state index is -0.749. The van der Waals surface area contributed by atoms with Crippen molar-refractivity contribution in [1.82, 2.24) is 25.3 Å². The molecule has 2 aromatic heterocycles. The van der Waals surface area contributed by atoms with Gasteiger partial charge in [-0.1, -0.05) is 43.7 Å². The first-order chi connectivity index (χ1) is 20.9. The smallest absolute Gasteiger partial charge is 0.317 e. The Kier molecular flexibility index (Phi) is 8.76. The fourth-order valence-corrected chi connectivity index (χ4v) is 5.43. The summed E-state index contributed by atoms with van der Waals surface area (Å²) in [5.74, 6) is 0.0871. The molecule has 43 heavy (non-hydrogen) atoms. The topological polar surface area (TPSA) is 111 Å². The van der Waals surface area contributed by atoms with E-state index in [1.54, 1.807) is 24.4 Å². The number of hydrogen-bond acceptors (Lipinski definition) is 7. The average Bonchev–Trinajstić information content (AvgIpc) is 3.48. The lowest BCUT2D eigenvalue weighted by atomic mass is 9.92. The second-order valence-electron chi connectivity index (χ2n) is 11.7. The fourth-order valence-electron chi connectivity index (χ4n) is 5.43. The molecule has 2 N–H and O–H groups in total. The van der Waals surface area contributed by atoms with Crippen LogP contribution in [0.5, 0.6) is 6.01 Å². The summed E-state index contributed by atoms with van der Waals surface area (Å²) in [6, 6.07) is 17.9. The summed E-state index contributed by atoms with van der Waals surface area (Å²) in [7, 11) is 0. The van der Waals surface area contributed by atoms with Crippen LogP contribution >= 0.6 is 0 Å². The van der Waals surface area contributed by atoms with Crippen molar-refractivity contribution in [2.45, 2.75) is 57.8 Å². The van der Waals surface area contributed by atoms with E-state index in [0.717, 1.165) is 31.2 Å². The van der Waals surface area contributed by atoms with Crippen LogP contribution in [0.3, 0.4) is 0 Å². The molecule has 2 aromatic carbocycles. The third kappa shape index (κ3) is 7.26. The van der Waals surface area contributed by atoms with Gasteiger partial charge in [-0.15, -0.1) is 0 Å². The molecule has 1 aliphatic heterocycles. The fraction of sp³-hybridized carbons (Fsp3) is 0.394. The van der Waals surface area contributed by atoms with Gasteiger partial charge in [0.1, 0.15) is 11.9 Å². The van der Waals surface area contributed by atoms with Gasteiger partial charge in [0, 0.05) is 23.7 Å². The Hall–Kier alpha value is -4.15. The van der Waals surface area contributed by atoms with Crippen LogP contribution in [0, 0.1) is 11.2 Å². The molecule has 1 saturated carbocycles. The lowest BCUT2D eigenvalue weighted by molar-refractivity contribution is -0.232. The van der Waals surface area contributed by atoms with Crippen LogP contribution in [-0.2, 0) is 20.7 Å². The lowest BCUT2D eigenvalue weighted by Crippen LogP contribution is -2.45. The second kappa shape index (κ2) is 13.0. The van der Waals surface area contributed by atoms with Crippen LogP contribution in [0.25, 0.3) is 22.6 Å². The maximum atomic E-state index is 13.8.